The van der Waals surface area contributed by atoms with Gasteiger partial charge in [-0.05, 0) is 88.3 Å². The Bertz CT molecular complexity index is 795. The summed E-state index contributed by atoms with van der Waals surface area (Å²) in [6.07, 6.45) is 6.56. The van der Waals surface area contributed by atoms with Gasteiger partial charge in [-0.15, -0.1) is 0 Å². The van der Waals surface area contributed by atoms with Gasteiger partial charge in [0.1, 0.15) is 0 Å². The average Bonchev–Trinajstić information content (AvgIpc) is 2.72. The highest BCUT2D eigenvalue weighted by atomic mass is 16.5. The molecule has 162 valence electrons. The summed E-state index contributed by atoms with van der Waals surface area (Å²) in [6, 6.07) is 6.88. The van der Waals surface area contributed by atoms with E-state index in [1.807, 2.05) is 13.8 Å². The van der Waals surface area contributed by atoms with E-state index in [1.54, 1.807) is 29.2 Å². The monoisotopic (exact) mass is 412 g/mol. The third-order valence-electron chi connectivity index (χ3n) is 7.25. The molecule has 0 saturated heterocycles. The van der Waals surface area contributed by atoms with E-state index in [2.05, 4.69) is 5.32 Å². The molecule has 0 unspecified atom stereocenters. The van der Waals surface area contributed by atoms with E-state index in [1.165, 1.54) is 19.3 Å². The third-order valence-corrected chi connectivity index (χ3v) is 7.25. The lowest BCUT2D eigenvalue weighted by molar-refractivity contribution is -0.172. The van der Waals surface area contributed by atoms with Crippen LogP contribution in [0.15, 0.2) is 24.3 Å². The number of nitrogens with zero attached hydrogens (tertiary/aromatic N) is 1. The quantitative estimate of drug-likeness (QED) is 0.690. The molecule has 30 heavy (non-hydrogen) atoms. The van der Waals surface area contributed by atoms with Crippen molar-refractivity contribution in [2.24, 2.45) is 23.2 Å². The van der Waals surface area contributed by atoms with Gasteiger partial charge >= 0.3 is 5.97 Å². The molecule has 0 radical (unpaired) electrons. The molecule has 4 saturated carbocycles. The molecule has 4 bridgehead atoms. The molecule has 0 aromatic heterocycles. The summed E-state index contributed by atoms with van der Waals surface area (Å²) in [5, 5.41) is 2.75. The number of esters is 1. The molecule has 4 aliphatic rings. The summed E-state index contributed by atoms with van der Waals surface area (Å²) in [5.74, 6) is 1.34. The van der Waals surface area contributed by atoms with Gasteiger partial charge < -0.3 is 15.0 Å². The SMILES string of the molecule is CCN(CC)C(=O)c1cccc(NC(=O)COC(=O)C23CC4CC(CC(C4)C2)C3)c1. The van der Waals surface area contributed by atoms with E-state index in [0.717, 1.165) is 19.3 Å². The van der Waals surface area contributed by atoms with Gasteiger partial charge in [-0.25, -0.2) is 0 Å². The van der Waals surface area contributed by atoms with Crippen LogP contribution in [0.3, 0.4) is 0 Å². The van der Waals surface area contributed by atoms with E-state index in [9.17, 15) is 14.4 Å². The van der Waals surface area contributed by atoms with Crippen molar-refractivity contribution in [1.29, 1.82) is 0 Å². The molecule has 0 atom stereocenters. The zero-order valence-electron chi connectivity index (χ0n) is 18.0. The van der Waals surface area contributed by atoms with Crippen LogP contribution in [-0.4, -0.2) is 42.4 Å². The molecule has 1 N–H and O–H groups in total. The lowest BCUT2D eigenvalue weighted by Gasteiger charge is -2.55. The van der Waals surface area contributed by atoms with Crippen LogP contribution in [0.2, 0.25) is 0 Å². The lowest BCUT2D eigenvalue weighted by Crippen LogP contribution is -2.50. The number of rotatable bonds is 7. The Balaban J connectivity index is 1.33. The summed E-state index contributed by atoms with van der Waals surface area (Å²) in [5.41, 5.74) is 0.705. The zero-order chi connectivity index (χ0) is 21.3. The first kappa shape index (κ1) is 20.9. The van der Waals surface area contributed by atoms with Gasteiger partial charge in [0.2, 0.25) is 0 Å². The summed E-state index contributed by atoms with van der Waals surface area (Å²) < 4.78 is 5.49. The van der Waals surface area contributed by atoms with Gasteiger partial charge in [0, 0.05) is 24.3 Å². The van der Waals surface area contributed by atoms with Gasteiger partial charge in [-0.1, -0.05) is 6.07 Å². The maximum absolute atomic E-state index is 12.9. The van der Waals surface area contributed by atoms with E-state index in [-0.39, 0.29) is 29.8 Å². The van der Waals surface area contributed by atoms with Crippen molar-refractivity contribution < 1.29 is 19.1 Å². The van der Waals surface area contributed by atoms with E-state index < -0.39 is 0 Å². The van der Waals surface area contributed by atoms with Gasteiger partial charge in [0.25, 0.3) is 11.8 Å². The third kappa shape index (κ3) is 4.09. The Labute approximate surface area is 178 Å². The molecule has 2 amide bonds. The fraction of sp³-hybridized carbons (Fsp3) is 0.625. The standard InChI is InChI=1S/C24H32N2O4/c1-3-26(4-2)22(28)19-6-5-7-20(11-19)25-21(27)15-30-23(29)24-12-16-8-17(13-24)10-18(9-16)14-24/h5-7,11,16-18H,3-4,8-10,12-15H2,1-2H3,(H,25,27). The first-order valence-corrected chi connectivity index (χ1v) is 11.3. The first-order valence-electron chi connectivity index (χ1n) is 11.3. The minimum absolute atomic E-state index is 0.0654. The molecule has 6 heteroatoms. The molecule has 0 spiro atoms. The van der Waals surface area contributed by atoms with Crippen LogP contribution in [0.4, 0.5) is 5.69 Å². The minimum Gasteiger partial charge on any atom is -0.455 e. The van der Waals surface area contributed by atoms with Crippen LogP contribution in [-0.2, 0) is 14.3 Å². The largest absolute Gasteiger partial charge is 0.455 e. The Kier molecular flexibility index (Phi) is 5.85. The van der Waals surface area contributed by atoms with Crippen molar-refractivity contribution in [2.45, 2.75) is 52.4 Å². The number of hydrogen-bond donors (Lipinski definition) is 1. The van der Waals surface area contributed by atoms with Gasteiger partial charge in [-0.3, -0.25) is 14.4 Å². The van der Waals surface area contributed by atoms with Crippen molar-refractivity contribution in [3.8, 4) is 0 Å². The Morgan fingerprint density at radius 1 is 1.03 bits per heavy atom. The molecule has 6 nitrogen and oxygen atoms in total. The average molecular weight is 413 g/mol. The maximum Gasteiger partial charge on any atom is 0.312 e. The first-order chi connectivity index (χ1) is 14.4. The van der Waals surface area contributed by atoms with Crippen molar-refractivity contribution in [3.63, 3.8) is 0 Å². The summed E-state index contributed by atoms with van der Waals surface area (Å²) >= 11 is 0. The van der Waals surface area contributed by atoms with Crippen LogP contribution in [0.1, 0.15) is 62.7 Å². The molecular weight excluding hydrogens is 380 g/mol. The second-order valence-corrected chi connectivity index (χ2v) is 9.38. The number of nitrogens with one attached hydrogen (secondary N) is 1. The molecular formula is C24H32N2O4. The van der Waals surface area contributed by atoms with Crippen molar-refractivity contribution in [2.75, 3.05) is 25.0 Å². The predicted molar refractivity (Wildman–Crippen MR) is 114 cm³/mol. The number of anilines is 1. The molecule has 5 rings (SSSR count). The Morgan fingerprint density at radius 3 is 2.20 bits per heavy atom. The summed E-state index contributed by atoms with van der Waals surface area (Å²) in [7, 11) is 0. The number of amides is 2. The van der Waals surface area contributed by atoms with Crippen LogP contribution in [0, 0.1) is 23.2 Å². The number of benzene rings is 1. The summed E-state index contributed by atoms with van der Waals surface area (Å²) in [6.45, 7) is 4.85. The second kappa shape index (κ2) is 8.40. The fourth-order valence-corrected chi connectivity index (χ4v) is 6.27. The highest BCUT2D eigenvalue weighted by molar-refractivity contribution is 5.97. The minimum atomic E-state index is -0.375. The van der Waals surface area contributed by atoms with Crippen molar-refractivity contribution in [1.82, 2.24) is 4.90 Å². The van der Waals surface area contributed by atoms with E-state index >= 15 is 0 Å². The molecule has 4 aliphatic carbocycles. The molecule has 0 heterocycles. The molecule has 1 aromatic carbocycles. The molecule has 4 fully saturated rings. The van der Waals surface area contributed by atoms with Crippen LogP contribution >= 0.6 is 0 Å². The Hall–Kier alpha value is -2.37. The smallest absolute Gasteiger partial charge is 0.312 e. The zero-order valence-corrected chi connectivity index (χ0v) is 18.0. The van der Waals surface area contributed by atoms with Crippen LogP contribution < -0.4 is 5.32 Å². The molecule has 0 aliphatic heterocycles. The van der Waals surface area contributed by atoms with Crippen LogP contribution in [0.5, 0.6) is 0 Å². The van der Waals surface area contributed by atoms with Crippen LogP contribution in [0.25, 0.3) is 0 Å². The fourth-order valence-electron chi connectivity index (χ4n) is 6.27. The second-order valence-electron chi connectivity index (χ2n) is 9.38. The normalized spacial score (nSPS) is 28.8. The molecule has 1 aromatic rings. The Morgan fingerprint density at radius 2 is 1.63 bits per heavy atom. The highest BCUT2D eigenvalue weighted by Gasteiger charge is 2.55. The highest BCUT2D eigenvalue weighted by Crippen LogP contribution is 2.60. The van der Waals surface area contributed by atoms with Gasteiger partial charge in [0.05, 0.1) is 5.41 Å². The maximum atomic E-state index is 12.9. The van der Waals surface area contributed by atoms with Crippen molar-refractivity contribution in [3.05, 3.63) is 29.8 Å². The number of carbonyl (C=O) groups excluding carboxylic acids is 3. The van der Waals surface area contributed by atoms with E-state index in [4.69, 9.17) is 4.74 Å². The van der Waals surface area contributed by atoms with Gasteiger partial charge in [0.15, 0.2) is 6.61 Å². The number of carbonyl (C=O) groups is 3. The lowest BCUT2D eigenvalue weighted by atomic mass is 9.49. The predicted octanol–water partition coefficient (Wildman–Crippen LogP) is 3.87. The van der Waals surface area contributed by atoms with Crippen molar-refractivity contribution >= 4 is 23.5 Å². The topological polar surface area (TPSA) is 75.7 Å². The summed E-state index contributed by atoms with van der Waals surface area (Å²) in [4.78, 5) is 39.5. The van der Waals surface area contributed by atoms with Gasteiger partial charge in [-0.2, -0.15) is 0 Å². The number of hydrogen-bond acceptors (Lipinski definition) is 4. The van der Waals surface area contributed by atoms with E-state index in [0.29, 0.717) is 42.1 Å². The number of ether oxygens (including phenoxy) is 1.